The van der Waals surface area contributed by atoms with E-state index < -0.39 is 23.5 Å². The molecule has 2 amide bonds. The molecule has 1 aromatic carbocycles. The number of hydrogen-bond donors (Lipinski definition) is 3. The average molecular weight is 360 g/mol. The van der Waals surface area contributed by atoms with Gasteiger partial charge in [0.25, 0.3) is 0 Å². The Hall–Kier alpha value is -2.63. The molecule has 0 saturated heterocycles. The molecule has 0 radical (unpaired) electrons. The summed E-state index contributed by atoms with van der Waals surface area (Å²) in [5.74, 6) is -4.40. The largest absolute Gasteiger partial charge is 0.507 e. The number of hydrogen-bond acceptors (Lipinski definition) is 4. The lowest BCUT2D eigenvalue weighted by molar-refractivity contribution is -0.137. The smallest absolute Gasteiger partial charge is 0.237 e. The highest BCUT2D eigenvalue weighted by Gasteiger charge is 2.29. The lowest BCUT2D eigenvalue weighted by Crippen LogP contribution is -2.39. The summed E-state index contributed by atoms with van der Waals surface area (Å²) in [7, 11) is 0. The number of ketones is 1. The van der Waals surface area contributed by atoms with Gasteiger partial charge in [0.15, 0.2) is 11.7 Å². The summed E-state index contributed by atoms with van der Waals surface area (Å²) in [6.45, 7) is 11.9. The molecule has 6 heteroatoms. The lowest BCUT2D eigenvalue weighted by Gasteiger charge is -2.27. The van der Waals surface area contributed by atoms with Crippen LogP contribution >= 0.6 is 0 Å². The summed E-state index contributed by atoms with van der Waals surface area (Å²) in [6.07, 6.45) is 2.61. The summed E-state index contributed by atoms with van der Waals surface area (Å²) < 4.78 is 0. The fraction of sp³-hybridized carbons (Fsp3) is 0.450. The summed E-state index contributed by atoms with van der Waals surface area (Å²) in [5, 5.41) is 10.7. The number of phenolic OH excluding ortho intramolecular Hbond substituents is 1. The maximum atomic E-state index is 12.1. The van der Waals surface area contributed by atoms with Gasteiger partial charge < -0.3 is 16.6 Å². The molecule has 1 aromatic rings. The summed E-state index contributed by atoms with van der Waals surface area (Å²) >= 11 is 0. The van der Waals surface area contributed by atoms with Crippen LogP contribution in [0.3, 0.4) is 0 Å². The number of phenols is 1. The predicted octanol–water partition coefficient (Wildman–Crippen LogP) is 2.16. The van der Waals surface area contributed by atoms with Crippen LogP contribution in [0.2, 0.25) is 0 Å². The van der Waals surface area contributed by atoms with Crippen molar-refractivity contribution in [2.24, 2.45) is 17.4 Å². The maximum Gasteiger partial charge on any atom is 0.237 e. The zero-order valence-corrected chi connectivity index (χ0v) is 16.2. The second-order valence-electron chi connectivity index (χ2n) is 8.44. The molecule has 0 aliphatic heterocycles. The Bertz CT molecular complexity index is 716. The summed E-state index contributed by atoms with van der Waals surface area (Å²) in [4.78, 5) is 34.6. The van der Waals surface area contributed by atoms with Gasteiger partial charge in [-0.1, -0.05) is 47.6 Å². The first-order valence-electron chi connectivity index (χ1n) is 8.34. The van der Waals surface area contributed by atoms with Crippen molar-refractivity contribution in [3.8, 4) is 5.75 Å². The van der Waals surface area contributed by atoms with E-state index in [4.69, 9.17) is 11.5 Å². The summed E-state index contributed by atoms with van der Waals surface area (Å²) in [5.41, 5.74) is 11.6. The van der Waals surface area contributed by atoms with E-state index in [-0.39, 0.29) is 16.6 Å². The topological polar surface area (TPSA) is 123 Å². The molecule has 0 fully saturated rings. The standard InChI is InChI=1S/C20H28N2O4/c1-19(2,3)12-9-11(10-13(16(12)24)20(4,5)6)7-8-14(23)15(17(21)25)18(22)26/h7-10,15,24H,1-6H3,(H2,21,25)(H2,22,26). The molecule has 0 spiro atoms. The van der Waals surface area contributed by atoms with E-state index in [9.17, 15) is 19.5 Å². The molecule has 0 unspecified atom stereocenters. The molecular formula is C20H28N2O4. The average Bonchev–Trinajstić information content (AvgIpc) is 2.42. The first-order valence-corrected chi connectivity index (χ1v) is 8.34. The van der Waals surface area contributed by atoms with Gasteiger partial charge in [-0.3, -0.25) is 14.4 Å². The van der Waals surface area contributed by atoms with E-state index in [0.717, 1.165) is 17.2 Å². The Labute approximate surface area is 154 Å². The SMILES string of the molecule is CC(C)(C)c1cc(C=CC(=O)C(C(N)=O)C(N)=O)cc(C(C)(C)C)c1O. The van der Waals surface area contributed by atoms with Gasteiger partial charge in [0.2, 0.25) is 11.8 Å². The monoisotopic (exact) mass is 360 g/mol. The van der Waals surface area contributed by atoms with Crippen molar-refractivity contribution in [1.29, 1.82) is 0 Å². The molecule has 0 aliphatic rings. The highest BCUT2D eigenvalue weighted by atomic mass is 16.3. The van der Waals surface area contributed by atoms with Gasteiger partial charge in [0.1, 0.15) is 5.75 Å². The van der Waals surface area contributed by atoms with E-state index in [1.165, 1.54) is 6.08 Å². The molecule has 0 aromatic heterocycles. The number of rotatable bonds is 5. The molecule has 5 N–H and O–H groups in total. The van der Waals surface area contributed by atoms with Crippen LogP contribution in [0.1, 0.15) is 58.2 Å². The van der Waals surface area contributed by atoms with Crippen LogP contribution < -0.4 is 11.5 Å². The van der Waals surface area contributed by atoms with Crippen LogP contribution in [0, 0.1) is 5.92 Å². The molecule has 1 rings (SSSR count). The van der Waals surface area contributed by atoms with Crippen molar-refractivity contribution in [2.75, 3.05) is 0 Å². The van der Waals surface area contributed by atoms with E-state index in [1.54, 1.807) is 12.1 Å². The second kappa shape index (κ2) is 7.32. The van der Waals surface area contributed by atoms with Gasteiger partial charge in [-0.05, 0) is 34.6 Å². The molecule has 0 aliphatic carbocycles. The lowest BCUT2D eigenvalue weighted by atomic mass is 9.78. The Morgan fingerprint density at radius 3 is 1.62 bits per heavy atom. The molecule has 26 heavy (non-hydrogen) atoms. The minimum atomic E-state index is -1.69. The van der Waals surface area contributed by atoms with Crippen molar-refractivity contribution >= 4 is 23.7 Å². The summed E-state index contributed by atoms with van der Waals surface area (Å²) in [6, 6.07) is 3.55. The van der Waals surface area contributed by atoms with E-state index in [2.05, 4.69) is 0 Å². The second-order valence-corrected chi connectivity index (χ2v) is 8.44. The first kappa shape index (κ1) is 21.4. The van der Waals surface area contributed by atoms with Gasteiger partial charge in [-0.2, -0.15) is 0 Å². The fourth-order valence-corrected chi connectivity index (χ4v) is 2.59. The van der Waals surface area contributed by atoms with Crippen LogP contribution in [0.4, 0.5) is 0 Å². The molecule has 0 atom stereocenters. The van der Waals surface area contributed by atoms with Gasteiger partial charge in [0, 0.05) is 11.1 Å². The van der Waals surface area contributed by atoms with Crippen LogP contribution in [0.15, 0.2) is 18.2 Å². The Morgan fingerprint density at radius 1 is 0.923 bits per heavy atom. The zero-order valence-electron chi connectivity index (χ0n) is 16.2. The number of allylic oxidation sites excluding steroid dienone is 1. The third-order valence-corrected chi connectivity index (χ3v) is 4.04. The molecular weight excluding hydrogens is 332 g/mol. The van der Waals surface area contributed by atoms with Gasteiger partial charge >= 0.3 is 0 Å². The van der Waals surface area contributed by atoms with Crippen molar-refractivity contribution in [1.82, 2.24) is 0 Å². The maximum absolute atomic E-state index is 12.1. The number of carbonyl (C=O) groups is 3. The van der Waals surface area contributed by atoms with Crippen LogP contribution in [-0.2, 0) is 25.2 Å². The number of benzene rings is 1. The highest BCUT2D eigenvalue weighted by Crippen LogP contribution is 2.40. The number of amides is 2. The normalized spacial score (nSPS) is 12.6. The predicted molar refractivity (Wildman–Crippen MR) is 101 cm³/mol. The van der Waals surface area contributed by atoms with Crippen LogP contribution in [0.5, 0.6) is 5.75 Å². The molecule has 0 saturated carbocycles. The van der Waals surface area contributed by atoms with E-state index >= 15 is 0 Å². The van der Waals surface area contributed by atoms with Gasteiger partial charge in [-0.25, -0.2) is 0 Å². The third-order valence-electron chi connectivity index (χ3n) is 4.04. The van der Waals surface area contributed by atoms with E-state index in [1.807, 2.05) is 41.5 Å². The van der Waals surface area contributed by atoms with Crippen LogP contribution in [-0.4, -0.2) is 22.7 Å². The van der Waals surface area contributed by atoms with Gasteiger partial charge in [0.05, 0.1) is 0 Å². The number of carbonyl (C=O) groups excluding carboxylic acids is 3. The third kappa shape index (κ3) is 4.94. The molecule has 6 nitrogen and oxygen atoms in total. The Morgan fingerprint density at radius 2 is 1.31 bits per heavy atom. The molecule has 142 valence electrons. The Balaban J connectivity index is 3.43. The Kier molecular flexibility index (Phi) is 6.02. The van der Waals surface area contributed by atoms with Crippen molar-refractivity contribution in [3.05, 3.63) is 34.9 Å². The number of aromatic hydroxyl groups is 1. The van der Waals surface area contributed by atoms with Crippen molar-refractivity contribution < 1.29 is 19.5 Å². The highest BCUT2D eigenvalue weighted by molar-refractivity contribution is 6.21. The minimum Gasteiger partial charge on any atom is -0.507 e. The quantitative estimate of drug-likeness (QED) is 0.550. The number of nitrogens with two attached hydrogens (primary N) is 2. The van der Waals surface area contributed by atoms with Crippen molar-refractivity contribution in [2.45, 2.75) is 52.4 Å². The molecule has 0 bridgehead atoms. The first-order chi connectivity index (χ1) is 11.7. The fourth-order valence-electron chi connectivity index (χ4n) is 2.59. The van der Waals surface area contributed by atoms with E-state index in [0.29, 0.717) is 5.56 Å². The van der Waals surface area contributed by atoms with Crippen LogP contribution in [0.25, 0.3) is 6.08 Å². The van der Waals surface area contributed by atoms with Gasteiger partial charge in [-0.15, -0.1) is 0 Å². The van der Waals surface area contributed by atoms with Crippen molar-refractivity contribution in [3.63, 3.8) is 0 Å². The minimum absolute atomic E-state index is 0.223. The number of primary amides is 2. The zero-order chi connectivity index (χ0) is 20.4. The molecule has 0 heterocycles.